The van der Waals surface area contributed by atoms with Crippen LogP contribution >= 0.6 is 0 Å². The summed E-state index contributed by atoms with van der Waals surface area (Å²) in [6.45, 7) is -0.293. The molecule has 0 aromatic carbocycles. The molecule has 0 spiro atoms. The average molecular weight is 480 g/mol. The number of carbonyl (C=O) groups is 4. The highest BCUT2D eigenvalue weighted by Gasteiger charge is 2.29. The zero-order chi connectivity index (χ0) is 26.4. The minimum Gasteiger partial charge on any atom is -0.481 e. The summed E-state index contributed by atoms with van der Waals surface area (Å²) in [6, 6.07) is 0. The predicted octanol–water partition coefficient (Wildman–Crippen LogP) is -5.66. The van der Waals surface area contributed by atoms with E-state index < -0.39 is 61.1 Å². The van der Waals surface area contributed by atoms with Crippen LogP contribution in [0.2, 0.25) is 0 Å². The lowest BCUT2D eigenvalue weighted by molar-refractivity contribution is -0.145. The molecule has 0 rings (SSSR count). The van der Waals surface area contributed by atoms with E-state index in [0.717, 1.165) is 0 Å². The Balaban J connectivity index is -0.000000172. The SMILES string of the molecule is CC(O)C(=O)O.O=C(O)CCC(=O)O.O=C[C@H](O)[C@@H](O)[C@H](O)[C@H](O)CO.OCC(O)CO. The van der Waals surface area contributed by atoms with Gasteiger partial charge in [0.2, 0.25) is 0 Å². The average Bonchev–Trinajstić information content (AvgIpc) is 2.75. The summed E-state index contributed by atoms with van der Waals surface area (Å²) >= 11 is 0. The summed E-state index contributed by atoms with van der Waals surface area (Å²) < 4.78 is 0. The topological polar surface area (TPSA) is 311 Å². The molecule has 0 radical (unpaired) electrons. The zero-order valence-electron chi connectivity index (χ0n) is 17.1. The van der Waals surface area contributed by atoms with Crippen molar-refractivity contribution in [3.63, 3.8) is 0 Å². The van der Waals surface area contributed by atoms with Gasteiger partial charge in [-0.25, -0.2) is 4.79 Å². The number of aldehydes is 1. The number of hydrogen-bond donors (Lipinski definition) is 12. The van der Waals surface area contributed by atoms with Crippen molar-refractivity contribution in [2.45, 2.75) is 56.4 Å². The van der Waals surface area contributed by atoms with Crippen LogP contribution in [0, 0.1) is 0 Å². The first-order chi connectivity index (χ1) is 14.6. The standard InChI is InChI=1S/C6H12O6.C4H6O4.C3H8O3.C3H6O3/c7-1-3(9)5(11)6(12)4(10)2-8;5-3(6)1-2-4(7)8;4-1-3(6)2-5;1-2(4)3(5)6/h1,3-6,8-12H,2H2;1-2H2,(H,5,6)(H,7,8);3-6H,1-2H2;2,4H,1H3,(H,5,6)/t3-,4+,5+,6+;;;/m0.../s1. The van der Waals surface area contributed by atoms with Crippen molar-refractivity contribution in [2.24, 2.45) is 0 Å². The van der Waals surface area contributed by atoms with Gasteiger partial charge in [-0.05, 0) is 6.92 Å². The first kappa shape index (κ1) is 37.1. The number of carbonyl (C=O) groups excluding carboxylic acids is 1. The van der Waals surface area contributed by atoms with Crippen LogP contribution in [0.3, 0.4) is 0 Å². The van der Waals surface area contributed by atoms with Gasteiger partial charge < -0.3 is 66.1 Å². The maximum Gasteiger partial charge on any atom is 0.332 e. The van der Waals surface area contributed by atoms with Crippen molar-refractivity contribution in [3.05, 3.63) is 0 Å². The van der Waals surface area contributed by atoms with E-state index in [1.807, 2.05) is 0 Å². The quantitative estimate of drug-likeness (QED) is 0.123. The highest BCUT2D eigenvalue weighted by atomic mass is 16.4. The molecule has 0 amide bonds. The number of aliphatic hydroxyl groups excluding tert-OH is 9. The molecular weight excluding hydrogens is 448 g/mol. The van der Waals surface area contributed by atoms with Gasteiger partial charge >= 0.3 is 17.9 Å². The molecule has 0 aliphatic heterocycles. The molecule has 5 atom stereocenters. The van der Waals surface area contributed by atoms with Crippen LogP contribution in [0.25, 0.3) is 0 Å². The Kier molecular flexibility index (Phi) is 27.1. The number of aliphatic hydroxyl groups is 9. The Morgan fingerprint density at radius 3 is 1.22 bits per heavy atom. The van der Waals surface area contributed by atoms with Gasteiger partial charge in [-0.15, -0.1) is 0 Å². The van der Waals surface area contributed by atoms with Crippen molar-refractivity contribution < 1.29 is 80.5 Å². The molecule has 0 saturated carbocycles. The van der Waals surface area contributed by atoms with Gasteiger partial charge in [-0.3, -0.25) is 9.59 Å². The Hall–Kier alpha value is -2.28. The van der Waals surface area contributed by atoms with Crippen LogP contribution in [0.4, 0.5) is 0 Å². The number of carboxylic acid groups (broad SMARTS) is 3. The van der Waals surface area contributed by atoms with E-state index >= 15 is 0 Å². The summed E-state index contributed by atoms with van der Waals surface area (Å²) in [4.78, 5) is 38.6. The van der Waals surface area contributed by atoms with Crippen molar-refractivity contribution in [1.29, 1.82) is 0 Å². The first-order valence-electron chi connectivity index (χ1n) is 8.65. The molecular formula is C16H32O16. The summed E-state index contributed by atoms with van der Waals surface area (Å²) in [5.41, 5.74) is 0. The van der Waals surface area contributed by atoms with Crippen LogP contribution in [-0.2, 0) is 19.2 Å². The molecule has 16 heteroatoms. The van der Waals surface area contributed by atoms with Crippen LogP contribution < -0.4 is 0 Å². The number of hydrogen-bond acceptors (Lipinski definition) is 13. The molecule has 12 N–H and O–H groups in total. The molecule has 0 aromatic rings. The molecule has 0 aliphatic rings. The fourth-order valence-corrected chi connectivity index (χ4v) is 0.890. The lowest BCUT2D eigenvalue weighted by Gasteiger charge is -2.22. The second-order valence-electron chi connectivity index (χ2n) is 5.68. The van der Waals surface area contributed by atoms with E-state index in [9.17, 15) is 19.2 Å². The van der Waals surface area contributed by atoms with Gasteiger partial charge in [0.1, 0.15) is 36.6 Å². The van der Waals surface area contributed by atoms with Crippen molar-refractivity contribution in [3.8, 4) is 0 Å². The lowest BCUT2D eigenvalue weighted by atomic mass is 10.0. The maximum atomic E-state index is 9.90. The number of rotatable bonds is 11. The van der Waals surface area contributed by atoms with E-state index in [2.05, 4.69) is 0 Å². The van der Waals surface area contributed by atoms with Gasteiger partial charge in [0.15, 0.2) is 6.29 Å². The second-order valence-corrected chi connectivity index (χ2v) is 5.68. The lowest BCUT2D eigenvalue weighted by Crippen LogP contribution is -2.46. The predicted molar refractivity (Wildman–Crippen MR) is 101 cm³/mol. The van der Waals surface area contributed by atoms with E-state index in [1.165, 1.54) is 6.92 Å². The van der Waals surface area contributed by atoms with Crippen LogP contribution in [0.1, 0.15) is 19.8 Å². The van der Waals surface area contributed by atoms with Crippen molar-refractivity contribution in [1.82, 2.24) is 0 Å². The molecule has 0 bridgehead atoms. The number of carboxylic acids is 3. The second kappa shape index (κ2) is 23.4. The van der Waals surface area contributed by atoms with Crippen LogP contribution in [0.15, 0.2) is 0 Å². The van der Waals surface area contributed by atoms with Crippen molar-refractivity contribution >= 4 is 24.2 Å². The van der Waals surface area contributed by atoms with E-state index in [-0.39, 0.29) is 32.3 Å². The Morgan fingerprint density at radius 1 is 0.719 bits per heavy atom. The first-order valence-corrected chi connectivity index (χ1v) is 8.65. The number of aliphatic carboxylic acids is 3. The minimum absolute atomic E-state index is 0.0258. The van der Waals surface area contributed by atoms with Gasteiger partial charge in [-0.1, -0.05) is 0 Å². The Labute approximate surface area is 181 Å². The van der Waals surface area contributed by atoms with Gasteiger partial charge in [0.05, 0.1) is 32.7 Å². The van der Waals surface area contributed by atoms with Gasteiger partial charge in [0, 0.05) is 0 Å². The fraction of sp³-hybridized carbons (Fsp3) is 0.750. The van der Waals surface area contributed by atoms with E-state index in [0.29, 0.717) is 0 Å². The molecule has 0 saturated heterocycles. The normalized spacial score (nSPS) is 14.5. The third kappa shape index (κ3) is 27.7. The summed E-state index contributed by atoms with van der Waals surface area (Å²) in [7, 11) is 0. The fourth-order valence-electron chi connectivity index (χ4n) is 0.890. The Morgan fingerprint density at radius 2 is 1.06 bits per heavy atom. The highest BCUT2D eigenvalue weighted by molar-refractivity contribution is 5.75. The largest absolute Gasteiger partial charge is 0.481 e. The summed E-state index contributed by atoms with van der Waals surface area (Å²) in [5, 5.41) is 99.1. The Bertz CT molecular complexity index is 478. The monoisotopic (exact) mass is 480 g/mol. The van der Waals surface area contributed by atoms with Gasteiger partial charge in [-0.2, -0.15) is 0 Å². The van der Waals surface area contributed by atoms with Crippen LogP contribution in [0.5, 0.6) is 0 Å². The summed E-state index contributed by atoms with van der Waals surface area (Å²) in [5.74, 6) is -3.34. The molecule has 0 aromatic heterocycles. The maximum absolute atomic E-state index is 9.90. The molecule has 0 heterocycles. The zero-order valence-corrected chi connectivity index (χ0v) is 17.1. The summed E-state index contributed by atoms with van der Waals surface area (Å²) in [6.07, 6.45) is -9.62. The molecule has 192 valence electrons. The minimum atomic E-state index is -1.79. The van der Waals surface area contributed by atoms with Gasteiger partial charge in [0.25, 0.3) is 0 Å². The van der Waals surface area contributed by atoms with Crippen LogP contribution in [-0.4, -0.2) is 142 Å². The van der Waals surface area contributed by atoms with E-state index in [4.69, 9.17) is 61.3 Å². The molecule has 0 aliphatic carbocycles. The molecule has 0 fully saturated rings. The van der Waals surface area contributed by atoms with E-state index in [1.54, 1.807) is 0 Å². The third-order valence-corrected chi connectivity index (χ3v) is 2.75. The molecule has 32 heavy (non-hydrogen) atoms. The molecule has 1 unspecified atom stereocenters. The van der Waals surface area contributed by atoms with Crippen molar-refractivity contribution in [2.75, 3.05) is 19.8 Å². The smallest absolute Gasteiger partial charge is 0.332 e. The highest BCUT2D eigenvalue weighted by Crippen LogP contribution is 2.02. The molecule has 16 nitrogen and oxygen atoms in total. The third-order valence-electron chi connectivity index (χ3n) is 2.75.